The number of nitrogens with zero attached hydrogens (tertiary/aromatic N) is 2. The van der Waals surface area contributed by atoms with Gasteiger partial charge in [0.1, 0.15) is 0 Å². The molecule has 0 saturated carbocycles. The van der Waals surface area contributed by atoms with Gasteiger partial charge in [0.2, 0.25) is 6.79 Å². The molecule has 0 bridgehead atoms. The molecule has 0 spiro atoms. The predicted molar refractivity (Wildman–Crippen MR) is 94.5 cm³/mol. The number of hydrogen-bond acceptors (Lipinski definition) is 4. The molecule has 2 aliphatic heterocycles. The lowest BCUT2D eigenvalue weighted by molar-refractivity contribution is 0.171. The van der Waals surface area contributed by atoms with Crippen molar-refractivity contribution in [1.29, 1.82) is 0 Å². The van der Waals surface area contributed by atoms with E-state index in [0.717, 1.165) is 22.6 Å². The Morgan fingerprint density at radius 3 is 2.46 bits per heavy atom. The molecule has 3 heterocycles. The highest BCUT2D eigenvalue weighted by molar-refractivity contribution is 5.66. The van der Waals surface area contributed by atoms with Crippen LogP contribution in [0.15, 0.2) is 36.5 Å². The van der Waals surface area contributed by atoms with E-state index >= 15 is 0 Å². The van der Waals surface area contributed by atoms with Crippen LogP contribution >= 0.6 is 0 Å². The lowest BCUT2D eigenvalue weighted by Gasteiger charge is -2.34. The number of benzene rings is 1. The molecule has 0 N–H and O–H groups in total. The molecule has 4 rings (SSSR count). The van der Waals surface area contributed by atoms with Crippen molar-refractivity contribution in [3.63, 3.8) is 0 Å². The number of likely N-dealkylation sites (tertiary alicyclic amines) is 1. The van der Waals surface area contributed by atoms with E-state index in [9.17, 15) is 0 Å². The largest absolute Gasteiger partial charge is 0.454 e. The van der Waals surface area contributed by atoms with Crippen molar-refractivity contribution in [1.82, 2.24) is 9.88 Å². The molecule has 0 radical (unpaired) electrons. The zero-order valence-corrected chi connectivity index (χ0v) is 14.4. The van der Waals surface area contributed by atoms with Crippen LogP contribution in [0.1, 0.15) is 38.3 Å². The summed E-state index contributed by atoms with van der Waals surface area (Å²) in [7, 11) is 0. The van der Waals surface area contributed by atoms with Crippen molar-refractivity contribution < 1.29 is 9.47 Å². The number of pyridine rings is 1. The maximum atomic E-state index is 5.46. The van der Waals surface area contributed by atoms with Crippen molar-refractivity contribution >= 4 is 0 Å². The highest BCUT2D eigenvalue weighted by Crippen LogP contribution is 2.36. The van der Waals surface area contributed by atoms with Crippen LogP contribution in [-0.4, -0.2) is 35.8 Å². The molecule has 0 unspecified atom stereocenters. The summed E-state index contributed by atoms with van der Waals surface area (Å²) in [5.74, 6) is 2.23. The number of fused-ring (bicyclic) bond motifs is 1. The van der Waals surface area contributed by atoms with E-state index in [1.54, 1.807) is 0 Å². The maximum Gasteiger partial charge on any atom is 0.231 e. The molecule has 0 aliphatic carbocycles. The Hall–Kier alpha value is -2.07. The second-order valence-corrected chi connectivity index (χ2v) is 6.94. The summed E-state index contributed by atoms with van der Waals surface area (Å²) < 4.78 is 10.8. The average molecular weight is 324 g/mol. The molecule has 126 valence electrons. The van der Waals surface area contributed by atoms with Gasteiger partial charge in [-0.05, 0) is 63.5 Å². The average Bonchev–Trinajstić information content (AvgIpc) is 3.09. The van der Waals surface area contributed by atoms with Gasteiger partial charge in [0, 0.05) is 29.4 Å². The molecule has 1 saturated heterocycles. The summed E-state index contributed by atoms with van der Waals surface area (Å²) in [6, 6.07) is 11.1. The lowest BCUT2D eigenvalue weighted by Crippen LogP contribution is -2.37. The van der Waals surface area contributed by atoms with E-state index in [0.29, 0.717) is 18.8 Å². The molecule has 1 fully saturated rings. The van der Waals surface area contributed by atoms with Gasteiger partial charge in [-0.1, -0.05) is 12.1 Å². The molecule has 0 atom stereocenters. The lowest BCUT2D eigenvalue weighted by atomic mass is 9.92. The summed E-state index contributed by atoms with van der Waals surface area (Å²) in [6.07, 6.45) is 4.39. The Labute approximate surface area is 143 Å². The SMILES string of the molecule is CC(C)N1CCC(c2ccc(-c3ccc4c(c3)OCO4)cn2)CC1. The van der Waals surface area contributed by atoms with Gasteiger partial charge in [-0.2, -0.15) is 0 Å². The van der Waals surface area contributed by atoms with Crippen LogP contribution in [0.25, 0.3) is 11.1 Å². The minimum atomic E-state index is 0.311. The smallest absolute Gasteiger partial charge is 0.231 e. The summed E-state index contributed by atoms with van der Waals surface area (Å²) in [6.45, 7) is 7.21. The summed E-state index contributed by atoms with van der Waals surface area (Å²) in [5, 5.41) is 0. The van der Waals surface area contributed by atoms with Crippen LogP contribution in [0.4, 0.5) is 0 Å². The summed E-state index contributed by atoms with van der Waals surface area (Å²) >= 11 is 0. The predicted octanol–water partition coefficient (Wildman–Crippen LogP) is 4.07. The molecule has 0 amide bonds. The fraction of sp³-hybridized carbons (Fsp3) is 0.450. The van der Waals surface area contributed by atoms with Gasteiger partial charge >= 0.3 is 0 Å². The Morgan fingerprint density at radius 2 is 1.75 bits per heavy atom. The molecular weight excluding hydrogens is 300 g/mol. The Kier molecular flexibility index (Phi) is 4.15. The third-order valence-electron chi connectivity index (χ3n) is 5.17. The molecule has 2 aliphatic rings. The van der Waals surface area contributed by atoms with E-state index < -0.39 is 0 Å². The van der Waals surface area contributed by atoms with Crippen LogP contribution < -0.4 is 9.47 Å². The monoisotopic (exact) mass is 324 g/mol. The van der Waals surface area contributed by atoms with Gasteiger partial charge in [0.05, 0.1) is 0 Å². The molecule has 1 aromatic carbocycles. The topological polar surface area (TPSA) is 34.6 Å². The first-order valence-corrected chi connectivity index (χ1v) is 8.81. The first kappa shape index (κ1) is 15.5. The Balaban J connectivity index is 1.47. The number of aromatic nitrogens is 1. The van der Waals surface area contributed by atoms with E-state index in [-0.39, 0.29) is 0 Å². The van der Waals surface area contributed by atoms with Crippen molar-refractivity contribution in [3.05, 3.63) is 42.2 Å². The van der Waals surface area contributed by atoms with Crippen molar-refractivity contribution in [2.24, 2.45) is 0 Å². The fourth-order valence-corrected chi connectivity index (χ4v) is 3.61. The van der Waals surface area contributed by atoms with Crippen LogP contribution in [0, 0.1) is 0 Å². The Morgan fingerprint density at radius 1 is 1.00 bits per heavy atom. The zero-order chi connectivity index (χ0) is 16.5. The quantitative estimate of drug-likeness (QED) is 0.852. The Bertz CT molecular complexity index is 704. The van der Waals surface area contributed by atoms with Gasteiger partial charge < -0.3 is 14.4 Å². The normalized spacial score (nSPS) is 18.3. The molecule has 1 aromatic heterocycles. The maximum absolute atomic E-state index is 5.46. The van der Waals surface area contributed by atoms with Crippen molar-refractivity contribution in [2.75, 3.05) is 19.9 Å². The number of rotatable bonds is 3. The second-order valence-electron chi connectivity index (χ2n) is 6.94. The molecular formula is C20H24N2O2. The number of ether oxygens (including phenoxy) is 2. The van der Waals surface area contributed by atoms with Crippen LogP contribution in [0.2, 0.25) is 0 Å². The van der Waals surface area contributed by atoms with Crippen LogP contribution in [0.3, 0.4) is 0 Å². The van der Waals surface area contributed by atoms with Crippen molar-refractivity contribution in [3.8, 4) is 22.6 Å². The third-order valence-corrected chi connectivity index (χ3v) is 5.17. The fourth-order valence-electron chi connectivity index (χ4n) is 3.61. The van der Waals surface area contributed by atoms with Gasteiger partial charge in [-0.25, -0.2) is 0 Å². The van der Waals surface area contributed by atoms with Gasteiger partial charge in [-0.3, -0.25) is 4.98 Å². The molecule has 4 heteroatoms. The highest BCUT2D eigenvalue weighted by atomic mass is 16.7. The highest BCUT2D eigenvalue weighted by Gasteiger charge is 2.23. The van der Waals surface area contributed by atoms with Gasteiger partial charge in [0.25, 0.3) is 0 Å². The summed E-state index contributed by atoms with van der Waals surface area (Å²) in [4.78, 5) is 7.30. The van der Waals surface area contributed by atoms with E-state index in [4.69, 9.17) is 14.5 Å². The standard InChI is InChI=1S/C20H24N2O2/c1-14(2)22-9-7-15(8-10-22)18-5-3-17(12-21-18)16-4-6-19-20(11-16)24-13-23-19/h3-6,11-12,14-15H,7-10,13H2,1-2H3. The zero-order valence-electron chi connectivity index (χ0n) is 14.4. The van der Waals surface area contributed by atoms with Crippen LogP contribution in [0.5, 0.6) is 11.5 Å². The van der Waals surface area contributed by atoms with Gasteiger partial charge in [-0.15, -0.1) is 0 Å². The van der Waals surface area contributed by atoms with Crippen LogP contribution in [-0.2, 0) is 0 Å². The first-order valence-electron chi connectivity index (χ1n) is 8.81. The number of hydrogen-bond donors (Lipinski definition) is 0. The molecule has 4 nitrogen and oxygen atoms in total. The van der Waals surface area contributed by atoms with E-state index in [2.05, 4.69) is 36.9 Å². The minimum absolute atomic E-state index is 0.311. The number of piperidine rings is 1. The van der Waals surface area contributed by atoms with E-state index in [1.165, 1.54) is 31.6 Å². The second kappa shape index (κ2) is 6.44. The third kappa shape index (κ3) is 2.98. The minimum Gasteiger partial charge on any atom is -0.454 e. The molecule has 24 heavy (non-hydrogen) atoms. The summed E-state index contributed by atoms with van der Waals surface area (Å²) in [5.41, 5.74) is 3.47. The molecule has 2 aromatic rings. The van der Waals surface area contributed by atoms with Crippen molar-refractivity contribution in [2.45, 2.75) is 38.6 Å². The van der Waals surface area contributed by atoms with E-state index in [1.807, 2.05) is 18.3 Å². The first-order chi connectivity index (χ1) is 11.7. The van der Waals surface area contributed by atoms with Gasteiger partial charge in [0.15, 0.2) is 11.5 Å².